The molecule has 118 valence electrons. The molecule has 2 N–H and O–H groups in total. The number of benzene rings is 1. The minimum atomic E-state index is -4.39. The van der Waals surface area contributed by atoms with Crippen molar-refractivity contribution in [1.29, 1.82) is 0 Å². The van der Waals surface area contributed by atoms with Gasteiger partial charge >= 0.3 is 6.18 Å². The highest BCUT2D eigenvalue weighted by atomic mass is 32.1. The van der Waals surface area contributed by atoms with Crippen LogP contribution in [0.25, 0.3) is 0 Å². The van der Waals surface area contributed by atoms with E-state index in [1.807, 2.05) is 13.8 Å². The monoisotopic (exact) mass is 328 g/mol. The zero-order valence-electron chi connectivity index (χ0n) is 12.2. The SMILES string of the molecule is Cc1nn(C)c(C)c1NC(=S)Nc1cccc(C(F)(F)F)c1. The molecule has 0 fully saturated rings. The molecular formula is C14H15F3N4S. The first-order chi connectivity index (χ1) is 10.2. The number of nitrogens with one attached hydrogen (secondary N) is 2. The Bertz CT molecular complexity index is 707. The van der Waals surface area contributed by atoms with Crippen LogP contribution in [0.5, 0.6) is 0 Å². The molecule has 0 saturated heterocycles. The van der Waals surface area contributed by atoms with Crippen molar-refractivity contribution in [2.45, 2.75) is 20.0 Å². The fourth-order valence-electron chi connectivity index (χ4n) is 2.00. The standard InChI is InChI=1S/C14H15F3N4S/c1-8-12(9(2)21(3)20-8)19-13(22)18-11-6-4-5-10(7-11)14(15,16)17/h4-7H,1-3H3,(H2,18,19,22). The average Bonchev–Trinajstić information content (AvgIpc) is 2.65. The van der Waals surface area contributed by atoms with Gasteiger partial charge in [0.25, 0.3) is 0 Å². The lowest BCUT2D eigenvalue weighted by Crippen LogP contribution is -2.20. The highest BCUT2D eigenvalue weighted by Gasteiger charge is 2.30. The maximum absolute atomic E-state index is 12.7. The molecule has 0 aliphatic rings. The van der Waals surface area contributed by atoms with E-state index in [0.717, 1.165) is 29.2 Å². The Hall–Kier alpha value is -2.09. The van der Waals surface area contributed by atoms with Gasteiger partial charge in [-0.15, -0.1) is 0 Å². The van der Waals surface area contributed by atoms with Gasteiger partial charge in [0, 0.05) is 12.7 Å². The molecule has 0 atom stereocenters. The van der Waals surface area contributed by atoms with E-state index >= 15 is 0 Å². The van der Waals surface area contributed by atoms with Crippen molar-refractivity contribution in [2.75, 3.05) is 10.6 Å². The molecule has 2 rings (SSSR count). The van der Waals surface area contributed by atoms with Gasteiger partial charge in [-0.05, 0) is 44.3 Å². The first-order valence-corrected chi connectivity index (χ1v) is 6.85. The number of aryl methyl sites for hydroxylation is 2. The van der Waals surface area contributed by atoms with Crippen molar-refractivity contribution >= 4 is 28.7 Å². The van der Waals surface area contributed by atoms with Gasteiger partial charge in [0.1, 0.15) is 0 Å². The Morgan fingerprint density at radius 2 is 1.91 bits per heavy atom. The summed E-state index contributed by atoms with van der Waals surface area (Å²) in [6, 6.07) is 4.87. The topological polar surface area (TPSA) is 41.9 Å². The van der Waals surface area contributed by atoms with Crippen molar-refractivity contribution in [2.24, 2.45) is 7.05 Å². The summed E-state index contributed by atoms with van der Waals surface area (Å²) < 4.78 is 39.7. The summed E-state index contributed by atoms with van der Waals surface area (Å²) >= 11 is 5.14. The summed E-state index contributed by atoms with van der Waals surface area (Å²) in [5.41, 5.74) is 1.92. The zero-order valence-corrected chi connectivity index (χ0v) is 13.1. The van der Waals surface area contributed by atoms with Crippen LogP contribution >= 0.6 is 12.2 Å². The number of thiocarbonyl (C=S) groups is 1. The summed E-state index contributed by atoms with van der Waals surface area (Å²) in [5, 5.41) is 10.2. The molecule has 0 unspecified atom stereocenters. The van der Waals surface area contributed by atoms with Crippen LogP contribution in [-0.2, 0) is 13.2 Å². The van der Waals surface area contributed by atoms with E-state index in [1.54, 1.807) is 11.7 Å². The Labute approximate surface area is 131 Å². The zero-order chi connectivity index (χ0) is 16.5. The smallest absolute Gasteiger partial charge is 0.332 e. The number of anilines is 2. The summed E-state index contributed by atoms with van der Waals surface area (Å²) in [6.07, 6.45) is -4.39. The Morgan fingerprint density at radius 1 is 1.23 bits per heavy atom. The molecule has 2 aromatic rings. The molecule has 1 aromatic heterocycles. The third kappa shape index (κ3) is 3.56. The lowest BCUT2D eigenvalue weighted by Gasteiger charge is -2.13. The molecule has 0 bridgehead atoms. The molecule has 4 nitrogen and oxygen atoms in total. The van der Waals surface area contributed by atoms with Crippen LogP contribution in [0, 0.1) is 13.8 Å². The molecule has 0 radical (unpaired) electrons. The third-order valence-electron chi connectivity index (χ3n) is 3.20. The van der Waals surface area contributed by atoms with Gasteiger partial charge in [-0.25, -0.2) is 0 Å². The second-order valence-corrected chi connectivity index (χ2v) is 5.24. The van der Waals surface area contributed by atoms with Crippen molar-refractivity contribution in [3.8, 4) is 0 Å². The number of halogens is 3. The minimum Gasteiger partial charge on any atom is -0.332 e. The molecule has 8 heteroatoms. The molecule has 0 aliphatic heterocycles. The van der Waals surface area contributed by atoms with Crippen LogP contribution < -0.4 is 10.6 Å². The van der Waals surface area contributed by atoms with E-state index in [4.69, 9.17) is 12.2 Å². The third-order valence-corrected chi connectivity index (χ3v) is 3.40. The van der Waals surface area contributed by atoms with Gasteiger partial charge in [0.15, 0.2) is 5.11 Å². The van der Waals surface area contributed by atoms with Crippen LogP contribution in [0.4, 0.5) is 24.5 Å². The first-order valence-electron chi connectivity index (χ1n) is 6.44. The molecular weight excluding hydrogens is 313 g/mol. The molecule has 22 heavy (non-hydrogen) atoms. The normalized spacial score (nSPS) is 11.4. The van der Waals surface area contributed by atoms with E-state index in [9.17, 15) is 13.2 Å². The number of hydrogen-bond donors (Lipinski definition) is 2. The average molecular weight is 328 g/mol. The maximum atomic E-state index is 12.7. The van der Waals surface area contributed by atoms with Crippen molar-refractivity contribution in [3.05, 3.63) is 41.2 Å². The lowest BCUT2D eigenvalue weighted by molar-refractivity contribution is -0.137. The van der Waals surface area contributed by atoms with Crippen molar-refractivity contribution in [3.63, 3.8) is 0 Å². The highest BCUT2D eigenvalue weighted by Crippen LogP contribution is 2.30. The quantitative estimate of drug-likeness (QED) is 0.822. The van der Waals surface area contributed by atoms with Crippen molar-refractivity contribution < 1.29 is 13.2 Å². The molecule has 0 spiro atoms. The fourth-order valence-corrected chi connectivity index (χ4v) is 2.22. The summed E-state index contributed by atoms with van der Waals surface area (Å²) in [5.74, 6) is 0. The summed E-state index contributed by atoms with van der Waals surface area (Å²) in [4.78, 5) is 0. The van der Waals surface area contributed by atoms with Gasteiger partial charge in [-0.1, -0.05) is 6.07 Å². The van der Waals surface area contributed by atoms with Crippen LogP contribution in [0.3, 0.4) is 0 Å². The number of alkyl halides is 3. The van der Waals surface area contributed by atoms with E-state index in [2.05, 4.69) is 15.7 Å². The lowest BCUT2D eigenvalue weighted by atomic mass is 10.2. The van der Waals surface area contributed by atoms with Crippen LogP contribution in [0.1, 0.15) is 17.0 Å². The first kappa shape index (κ1) is 16.3. The Morgan fingerprint density at radius 3 is 2.45 bits per heavy atom. The van der Waals surface area contributed by atoms with Crippen molar-refractivity contribution in [1.82, 2.24) is 9.78 Å². The van der Waals surface area contributed by atoms with Gasteiger partial charge < -0.3 is 10.6 Å². The van der Waals surface area contributed by atoms with Crippen LogP contribution in [-0.4, -0.2) is 14.9 Å². The predicted molar refractivity (Wildman–Crippen MR) is 84.0 cm³/mol. The van der Waals surface area contributed by atoms with E-state index in [1.165, 1.54) is 12.1 Å². The molecule has 0 saturated carbocycles. The fraction of sp³-hybridized carbons (Fsp3) is 0.286. The second kappa shape index (κ2) is 5.96. The van der Waals surface area contributed by atoms with E-state index in [0.29, 0.717) is 0 Å². The van der Waals surface area contributed by atoms with Gasteiger partial charge in [-0.3, -0.25) is 4.68 Å². The van der Waals surface area contributed by atoms with Crippen LogP contribution in [0.15, 0.2) is 24.3 Å². The summed E-state index contributed by atoms with van der Waals surface area (Å²) in [7, 11) is 1.80. The Balaban J connectivity index is 2.13. The number of nitrogens with zero attached hydrogens (tertiary/aromatic N) is 2. The number of rotatable bonds is 2. The van der Waals surface area contributed by atoms with Crippen LogP contribution in [0.2, 0.25) is 0 Å². The largest absolute Gasteiger partial charge is 0.416 e. The molecule has 1 aromatic carbocycles. The van der Waals surface area contributed by atoms with Gasteiger partial charge in [0.05, 0.1) is 22.6 Å². The molecule has 0 amide bonds. The summed E-state index contributed by atoms with van der Waals surface area (Å²) in [6.45, 7) is 3.69. The van der Waals surface area contributed by atoms with Gasteiger partial charge in [0.2, 0.25) is 0 Å². The number of aromatic nitrogens is 2. The minimum absolute atomic E-state index is 0.207. The van der Waals surface area contributed by atoms with Gasteiger partial charge in [-0.2, -0.15) is 18.3 Å². The van der Waals surface area contributed by atoms with E-state index in [-0.39, 0.29) is 10.8 Å². The maximum Gasteiger partial charge on any atom is 0.416 e. The molecule has 0 aliphatic carbocycles. The Kier molecular flexibility index (Phi) is 4.41. The highest BCUT2D eigenvalue weighted by molar-refractivity contribution is 7.80. The van der Waals surface area contributed by atoms with E-state index < -0.39 is 11.7 Å². The molecule has 1 heterocycles. The number of hydrogen-bond acceptors (Lipinski definition) is 2. The second-order valence-electron chi connectivity index (χ2n) is 4.83. The predicted octanol–water partition coefficient (Wildman–Crippen LogP) is 3.86.